The Morgan fingerprint density at radius 1 is 1.17 bits per heavy atom. The maximum absolute atomic E-state index is 12.8. The molecule has 0 aliphatic heterocycles. The lowest BCUT2D eigenvalue weighted by molar-refractivity contribution is 0.177. The number of aliphatic hydroxyl groups excluding tert-OH is 1. The van der Waals surface area contributed by atoms with Gasteiger partial charge in [-0.3, -0.25) is 0 Å². The first-order valence-corrected chi connectivity index (χ1v) is 6.54. The van der Waals surface area contributed by atoms with E-state index in [0.29, 0.717) is 6.42 Å². The highest BCUT2D eigenvalue weighted by Crippen LogP contribution is 2.27. The predicted molar refractivity (Wildman–Crippen MR) is 73.9 cm³/mol. The Hall–Kier alpha value is -1.19. The van der Waals surface area contributed by atoms with E-state index < -0.39 is 6.10 Å². The number of benzene rings is 2. The summed E-state index contributed by atoms with van der Waals surface area (Å²) in [6.07, 6.45) is -0.118. The molecule has 0 amide bonds. The van der Waals surface area contributed by atoms with Gasteiger partial charge >= 0.3 is 0 Å². The van der Waals surface area contributed by atoms with Gasteiger partial charge in [-0.2, -0.15) is 0 Å². The van der Waals surface area contributed by atoms with E-state index in [9.17, 15) is 9.50 Å². The van der Waals surface area contributed by atoms with Crippen molar-refractivity contribution in [2.45, 2.75) is 19.4 Å². The molecule has 0 saturated heterocycles. The lowest BCUT2D eigenvalue weighted by Crippen LogP contribution is -2.03. The highest BCUT2D eigenvalue weighted by molar-refractivity contribution is 9.10. The highest BCUT2D eigenvalue weighted by Gasteiger charge is 2.12. The van der Waals surface area contributed by atoms with Gasteiger partial charge in [-0.05, 0) is 41.8 Å². The Labute approximate surface area is 114 Å². The fourth-order valence-corrected chi connectivity index (χ4v) is 2.61. The summed E-state index contributed by atoms with van der Waals surface area (Å²) in [6, 6.07) is 12.1. The van der Waals surface area contributed by atoms with Crippen LogP contribution in [0, 0.1) is 12.7 Å². The van der Waals surface area contributed by atoms with Crippen molar-refractivity contribution < 1.29 is 9.50 Å². The lowest BCUT2D eigenvalue weighted by atomic mass is 10.0. The van der Waals surface area contributed by atoms with E-state index in [0.717, 1.165) is 21.2 Å². The van der Waals surface area contributed by atoms with Crippen molar-refractivity contribution in [2.75, 3.05) is 0 Å². The summed E-state index contributed by atoms with van der Waals surface area (Å²) in [7, 11) is 0. The van der Waals surface area contributed by atoms with Gasteiger partial charge in [0.15, 0.2) is 0 Å². The summed E-state index contributed by atoms with van der Waals surface area (Å²) in [4.78, 5) is 0. The molecule has 0 fully saturated rings. The molecule has 18 heavy (non-hydrogen) atoms. The largest absolute Gasteiger partial charge is 0.388 e. The molecule has 0 spiro atoms. The van der Waals surface area contributed by atoms with Gasteiger partial charge in [0.25, 0.3) is 0 Å². The molecule has 0 aliphatic rings. The van der Waals surface area contributed by atoms with E-state index in [1.807, 2.05) is 25.1 Å². The van der Waals surface area contributed by atoms with Crippen molar-refractivity contribution >= 4 is 15.9 Å². The number of aryl methyl sites for hydroxylation is 1. The molecule has 94 valence electrons. The molecular weight excluding hydrogens is 295 g/mol. The zero-order valence-electron chi connectivity index (χ0n) is 10.0. The van der Waals surface area contributed by atoms with E-state index in [2.05, 4.69) is 15.9 Å². The van der Waals surface area contributed by atoms with Crippen LogP contribution in [0.2, 0.25) is 0 Å². The minimum atomic E-state index is -0.592. The van der Waals surface area contributed by atoms with Gasteiger partial charge in [0.05, 0.1) is 6.10 Å². The topological polar surface area (TPSA) is 20.2 Å². The smallest absolute Gasteiger partial charge is 0.123 e. The molecule has 2 aromatic carbocycles. The summed E-state index contributed by atoms with van der Waals surface area (Å²) in [6.45, 7) is 2.00. The van der Waals surface area contributed by atoms with Crippen molar-refractivity contribution in [1.82, 2.24) is 0 Å². The SMILES string of the molecule is Cc1ccc(C(O)Cc2ccc(F)cc2)c(Br)c1. The quantitative estimate of drug-likeness (QED) is 0.902. The zero-order valence-corrected chi connectivity index (χ0v) is 11.6. The Balaban J connectivity index is 2.16. The molecule has 0 bridgehead atoms. The van der Waals surface area contributed by atoms with Crippen LogP contribution < -0.4 is 0 Å². The van der Waals surface area contributed by atoms with Crippen LogP contribution in [0.15, 0.2) is 46.9 Å². The summed E-state index contributed by atoms with van der Waals surface area (Å²) in [5.41, 5.74) is 2.90. The fraction of sp³-hybridized carbons (Fsp3) is 0.200. The number of hydrogen-bond acceptors (Lipinski definition) is 1. The van der Waals surface area contributed by atoms with E-state index in [-0.39, 0.29) is 5.82 Å². The molecule has 2 rings (SSSR count). The molecule has 1 unspecified atom stereocenters. The Kier molecular flexibility index (Phi) is 4.15. The maximum atomic E-state index is 12.8. The number of hydrogen-bond donors (Lipinski definition) is 1. The minimum Gasteiger partial charge on any atom is -0.388 e. The number of halogens is 2. The van der Waals surface area contributed by atoms with Gasteiger partial charge < -0.3 is 5.11 Å². The molecule has 0 radical (unpaired) electrons. The van der Waals surface area contributed by atoms with Crippen LogP contribution in [0.4, 0.5) is 4.39 Å². The van der Waals surface area contributed by atoms with E-state index in [1.54, 1.807) is 12.1 Å². The fourth-order valence-electron chi connectivity index (χ4n) is 1.86. The summed E-state index contributed by atoms with van der Waals surface area (Å²) < 4.78 is 13.7. The summed E-state index contributed by atoms with van der Waals surface area (Å²) >= 11 is 3.45. The zero-order chi connectivity index (χ0) is 13.1. The van der Waals surface area contributed by atoms with Gasteiger partial charge in [0.2, 0.25) is 0 Å². The third kappa shape index (κ3) is 3.18. The van der Waals surface area contributed by atoms with Crippen LogP contribution in [0.3, 0.4) is 0 Å². The molecule has 1 N–H and O–H groups in total. The first-order valence-electron chi connectivity index (χ1n) is 5.75. The molecule has 3 heteroatoms. The van der Waals surface area contributed by atoms with E-state index >= 15 is 0 Å². The summed E-state index contributed by atoms with van der Waals surface area (Å²) in [5.74, 6) is -0.259. The van der Waals surface area contributed by atoms with Crippen molar-refractivity contribution in [1.29, 1.82) is 0 Å². The maximum Gasteiger partial charge on any atom is 0.123 e. The molecular formula is C15H14BrFO. The molecule has 2 aromatic rings. The molecule has 0 aromatic heterocycles. The van der Waals surface area contributed by atoms with Gasteiger partial charge in [-0.1, -0.05) is 40.2 Å². The van der Waals surface area contributed by atoms with Gasteiger partial charge in [0, 0.05) is 10.9 Å². The third-order valence-corrected chi connectivity index (χ3v) is 3.54. The Morgan fingerprint density at radius 2 is 1.83 bits per heavy atom. The number of rotatable bonds is 3. The van der Waals surface area contributed by atoms with Crippen LogP contribution >= 0.6 is 15.9 Å². The first kappa shape index (κ1) is 13.2. The third-order valence-electron chi connectivity index (χ3n) is 2.86. The van der Waals surface area contributed by atoms with Crippen LogP contribution in [0.5, 0.6) is 0 Å². The lowest BCUT2D eigenvalue weighted by Gasteiger charge is -2.13. The van der Waals surface area contributed by atoms with E-state index in [1.165, 1.54) is 12.1 Å². The first-order chi connectivity index (χ1) is 8.56. The van der Waals surface area contributed by atoms with Crippen molar-refractivity contribution in [3.8, 4) is 0 Å². The second-order valence-corrected chi connectivity index (χ2v) is 5.23. The second kappa shape index (κ2) is 5.63. The van der Waals surface area contributed by atoms with Crippen molar-refractivity contribution in [3.63, 3.8) is 0 Å². The standard InChI is InChI=1S/C15H14BrFO/c1-10-2-7-13(14(16)8-10)15(18)9-11-3-5-12(17)6-4-11/h2-8,15,18H,9H2,1H3. The monoisotopic (exact) mass is 308 g/mol. The molecule has 0 aliphatic carbocycles. The second-order valence-electron chi connectivity index (χ2n) is 4.37. The predicted octanol–water partition coefficient (Wildman–Crippen LogP) is 4.17. The van der Waals surface area contributed by atoms with Crippen molar-refractivity contribution in [3.05, 3.63) is 69.4 Å². The Bertz CT molecular complexity index is 537. The van der Waals surface area contributed by atoms with Crippen LogP contribution in [0.25, 0.3) is 0 Å². The van der Waals surface area contributed by atoms with Crippen LogP contribution in [0.1, 0.15) is 22.8 Å². The molecule has 0 saturated carbocycles. The highest BCUT2D eigenvalue weighted by atomic mass is 79.9. The van der Waals surface area contributed by atoms with Crippen LogP contribution in [-0.2, 0) is 6.42 Å². The van der Waals surface area contributed by atoms with E-state index in [4.69, 9.17) is 0 Å². The van der Waals surface area contributed by atoms with Gasteiger partial charge in [-0.15, -0.1) is 0 Å². The normalized spacial score (nSPS) is 12.4. The summed E-state index contributed by atoms with van der Waals surface area (Å²) in [5, 5.41) is 10.2. The molecule has 0 heterocycles. The minimum absolute atomic E-state index is 0.259. The Morgan fingerprint density at radius 3 is 2.44 bits per heavy atom. The van der Waals surface area contributed by atoms with Gasteiger partial charge in [-0.25, -0.2) is 4.39 Å². The molecule has 1 atom stereocenters. The van der Waals surface area contributed by atoms with Crippen molar-refractivity contribution in [2.24, 2.45) is 0 Å². The average Bonchev–Trinajstić information content (AvgIpc) is 2.32. The average molecular weight is 309 g/mol. The molecule has 1 nitrogen and oxygen atoms in total. The van der Waals surface area contributed by atoms with Gasteiger partial charge in [0.1, 0.15) is 5.82 Å². The van der Waals surface area contributed by atoms with Crippen LogP contribution in [-0.4, -0.2) is 5.11 Å². The number of aliphatic hydroxyl groups is 1.